The van der Waals surface area contributed by atoms with Crippen molar-refractivity contribution in [1.82, 2.24) is 5.32 Å². The summed E-state index contributed by atoms with van der Waals surface area (Å²) >= 11 is 1.58. The van der Waals surface area contributed by atoms with Gasteiger partial charge in [0.2, 0.25) is 5.91 Å². The van der Waals surface area contributed by atoms with Crippen molar-refractivity contribution in [2.24, 2.45) is 0 Å². The van der Waals surface area contributed by atoms with Gasteiger partial charge >= 0.3 is 0 Å². The van der Waals surface area contributed by atoms with E-state index in [9.17, 15) is 10.1 Å². The summed E-state index contributed by atoms with van der Waals surface area (Å²) in [5, 5.41) is 14.4. The fraction of sp³-hybridized carbons (Fsp3) is 0.600. The molecular weight excluding hydrogens is 256 g/mol. The number of carbonyl (C=O) groups is 1. The van der Waals surface area contributed by atoms with Crippen LogP contribution in [0, 0.1) is 11.3 Å². The maximum absolute atomic E-state index is 12.1. The van der Waals surface area contributed by atoms with E-state index >= 15 is 0 Å². The van der Waals surface area contributed by atoms with E-state index in [0.717, 1.165) is 30.6 Å². The number of nitrogens with one attached hydrogen (secondary N) is 1. The molecular formula is C15H20N2OS. The van der Waals surface area contributed by atoms with Crippen molar-refractivity contribution in [3.05, 3.63) is 22.4 Å². The van der Waals surface area contributed by atoms with Crippen LogP contribution in [0.3, 0.4) is 0 Å². The number of hydrogen-bond acceptors (Lipinski definition) is 3. The number of nitrogens with zero attached hydrogens (tertiary/aromatic N) is 1. The van der Waals surface area contributed by atoms with E-state index in [4.69, 9.17) is 0 Å². The van der Waals surface area contributed by atoms with Crippen LogP contribution in [0.15, 0.2) is 17.5 Å². The average molecular weight is 276 g/mol. The van der Waals surface area contributed by atoms with Gasteiger partial charge in [0, 0.05) is 4.88 Å². The number of thiophene rings is 1. The van der Waals surface area contributed by atoms with Crippen LogP contribution in [0.2, 0.25) is 0 Å². The maximum Gasteiger partial charge on any atom is 0.226 e. The molecule has 1 heterocycles. The first kappa shape index (κ1) is 14.1. The van der Waals surface area contributed by atoms with E-state index in [1.165, 1.54) is 19.3 Å². The number of rotatable bonds is 3. The molecule has 3 nitrogen and oxygen atoms in total. The second-order valence-corrected chi connectivity index (χ2v) is 6.30. The standard InChI is InChI=1S/C15H20N2OS/c16-12-15(8-4-2-1-3-5-9-15)17-14(18)11-13-7-6-10-19-13/h6-7,10H,1-5,8-9,11H2,(H,17,18). The lowest BCUT2D eigenvalue weighted by Gasteiger charge is -2.29. The fourth-order valence-corrected chi connectivity index (χ4v) is 3.36. The van der Waals surface area contributed by atoms with Crippen LogP contribution in [0.1, 0.15) is 49.8 Å². The van der Waals surface area contributed by atoms with E-state index in [2.05, 4.69) is 11.4 Å². The molecule has 0 aliphatic heterocycles. The molecule has 1 saturated carbocycles. The van der Waals surface area contributed by atoms with Crippen LogP contribution in [-0.2, 0) is 11.2 Å². The smallest absolute Gasteiger partial charge is 0.226 e. The summed E-state index contributed by atoms with van der Waals surface area (Å²) < 4.78 is 0. The lowest BCUT2D eigenvalue weighted by Crippen LogP contribution is -2.48. The van der Waals surface area contributed by atoms with Gasteiger partial charge in [0.25, 0.3) is 0 Å². The van der Waals surface area contributed by atoms with E-state index in [1.54, 1.807) is 11.3 Å². The lowest BCUT2D eigenvalue weighted by molar-refractivity contribution is -0.121. The maximum atomic E-state index is 12.1. The highest BCUT2D eigenvalue weighted by molar-refractivity contribution is 7.10. The molecule has 1 aromatic heterocycles. The van der Waals surface area contributed by atoms with Crippen molar-refractivity contribution in [3.8, 4) is 6.07 Å². The van der Waals surface area contributed by atoms with Crippen molar-refractivity contribution in [3.63, 3.8) is 0 Å². The number of nitriles is 1. The SMILES string of the molecule is N#CC1(NC(=O)Cc2cccs2)CCCCCCC1. The molecule has 0 aromatic carbocycles. The Bertz CT molecular complexity index is 439. The van der Waals surface area contributed by atoms with Crippen molar-refractivity contribution in [2.45, 2.75) is 56.9 Å². The highest BCUT2D eigenvalue weighted by Crippen LogP contribution is 2.26. The Morgan fingerprint density at radius 3 is 2.58 bits per heavy atom. The lowest BCUT2D eigenvalue weighted by atomic mass is 9.85. The third kappa shape index (κ3) is 4.07. The molecule has 2 rings (SSSR count). The van der Waals surface area contributed by atoms with Crippen molar-refractivity contribution < 1.29 is 4.79 Å². The van der Waals surface area contributed by atoms with Crippen molar-refractivity contribution in [2.75, 3.05) is 0 Å². The van der Waals surface area contributed by atoms with E-state index in [1.807, 2.05) is 17.5 Å². The quantitative estimate of drug-likeness (QED) is 0.919. The zero-order valence-corrected chi connectivity index (χ0v) is 12.0. The van der Waals surface area contributed by atoms with Gasteiger partial charge in [0.15, 0.2) is 0 Å². The molecule has 1 aromatic rings. The van der Waals surface area contributed by atoms with Gasteiger partial charge in [-0.1, -0.05) is 38.2 Å². The van der Waals surface area contributed by atoms with Gasteiger partial charge in [-0.2, -0.15) is 5.26 Å². The molecule has 1 fully saturated rings. The molecule has 4 heteroatoms. The summed E-state index contributed by atoms with van der Waals surface area (Å²) in [7, 11) is 0. The Labute approximate surface area is 118 Å². The summed E-state index contributed by atoms with van der Waals surface area (Å²) in [6.45, 7) is 0. The molecule has 0 saturated heterocycles. The predicted octanol–water partition coefficient (Wildman–Crippen LogP) is 3.41. The first-order valence-corrected chi connectivity index (χ1v) is 7.87. The van der Waals surface area contributed by atoms with Gasteiger partial charge in [0.1, 0.15) is 5.54 Å². The Morgan fingerprint density at radius 1 is 1.32 bits per heavy atom. The number of hydrogen-bond donors (Lipinski definition) is 1. The Hall–Kier alpha value is -1.34. The molecule has 19 heavy (non-hydrogen) atoms. The summed E-state index contributed by atoms with van der Waals surface area (Å²) in [5.41, 5.74) is -0.630. The van der Waals surface area contributed by atoms with Crippen molar-refractivity contribution >= 4 is 17.2 Å². The molecule has 102 valence electrons. The molecule has 1 aliphatic carbocycles. The van der Waals surface area contributed by atoms with E-state index in [-0.39, 0.29) is 5.91 Å². The van der Waals surface area contributed by atoms with Gasteiger partial charge in [-0.3, -0.25) is 4.79 Å². The minimum atomic E-state index is -0.630. The zero-order chi connectivity index (χ0) is 13.6. The summed E-state index contributed by atoms with van der Waals surface area (Å²) in [6.07, 6.45) is 7.64. The van der Waals surface area contributed by atoms with Crippen LogP contribution in [0.4, 0.5) is 0 Å². The third-order valence-electron chi connectivity index (χ3n) is 3.71. The molecule has 0 radical (unpaired) electrons. The molecule has 1 aliphatic rings. The minimum absolute atomic E-state index is 0.0235. The average Bonchev–Trinajstić information content (AvgIpc) is 2.85. The molecule has 0 atom stereocenters. The van der Waals surface area contributed by atoms with Crippen LogP contribution >= 0.6 is 11.3 Å². The topological polar surface area (TPSA) is 52.9 Å². The number of amides is 1. The van der Waals surface area contributed by atoms with Gasteiger partial charge in [-0.05, 0) is 24.3 Å². The predicted molar refractivity (Wildman–Crippen MR) is 76.8 cm³/mol. The van der Waals surface area contributed by atoms with Crippen LogP contribution < -0.4 is 5.32 Å². The van der Waals surface area contributed by atoms with Gasteiger partial charge in [0.05, 0.1) is 12.5 Å². The Balaban J connectivity index is 1.96. The fourth-order valence-electron chi connectivity index (χ4n) is 2.66. The minimum Gasteiger partial charge on any atom is -0.338 e. The first-order chi connectivity index (χ1) is 9.24. The molecule has 0 spiro atoms. The molecule has 0 unspecified atom stereocenters. The van der Waals surface area contributed by atoms with Gasteiger partial charge < -0.3 is 5.32 Å². The second kappa shape index (κ2) is 6.72. The Morgan fingerprint density at radius 2 is 2.00 bits per heavy atom. The van der Waals surface area contributed by atoms with Crippen LogP contribution in [0.5, 0.6) is 0 Å². The third-order valence-corrected chi connectivity index (χ3v) is 4.59. The number of carbonyl (C=O) groups excluding carboxylic acids is 1. The largest absolute Gasteiger partial charge is 0.338 e. The van der Waals surface area contributed by atoms with E-state index < -0.39 is 5.54 Å². The molecule has 1 amide bonds. The van der Waals surface area contributed by atoms with Crippen LogP contribution in [-0.4, -0.2) is 11.4 Å². The normalized spacial score (nSPS) is 18.9. The summed E-state index contributed by atoms with van der Waals surface area (Å²) in [5.74, 6) is -0.0235. The Kier molecular flexibility index (Phi) is 4.98. The molecule has 1 N–H and O–H groups in total. The summed E-state index contributed by atoms with van der Waals surface area (Å²) in [4.78, 5) is 13.1. The van der Waals surface area contributed by atoms with Crippen molar-refractivity contribution in [1.29, 1.82) is 5.26 Å². The monoisotopic (exact) mass is 276 g/mol. The second-order valence-electron chi connectivity index (χ2n) is 5.27. The highest BCUT2D eigenvalue weighted by Gasteiger charge is 2.31. The first-order valence-electron chi connectivity index (χ1n) is 6.99. The van der Waals surface area contributed by atoms with Crippen LogP contribution in [0.25, 0.3) is 0 Å². The van der Waals surface area contributed by atoms with Gasteiger partial charge in [-0.15, -0.1) is 11.3 Å². The van der Waals surface area contributed by atoms with Gasteiger partial charge in [-0.25, -0.2) is 0 Å². The highest BCUT2D eigenvalue weighted by atomic mass is 32.1. The van der Waals surface area contributed by atoms with E-state index in [0.29, 0.717) is 6.42 Å². The molecule has 0 bridgehead atoms. The zero-order valence-electron chi connectivity index (χ0n) is 11.2. The summed E-state index contributed by atoms with van der Waals surface area (Å²) in [6, 6.07) is 6.27.